The number of benzene rings is 1. The van der Waals surface area contributed by atoms with Crippen molar-refractivity contribution in [1.29, 1.82) is 0 Å². The predicted molar refractivity (Wildman–Crippen MR) is 83.3 cm³/mol. The average molecular weight is 273 g/mol. The molecule has 110 valence electrons. The zero-order chi connectivity index (χ0) is 13.9. The molecule has 2 nitrogen and oxygen atoms in total. The molecule has 1 N–H and O–H groups in total. The van der Waals surface area contributed by atoms with Crippen molar-refractivity contribution in [2.24, 2.45) is 11.8 Å². The zero-order valence-corrected chi connectivity index (χ0v) is 12.8. The van der Waals surface area contributed by atoms with Gasteiger partial charge in [0, 0.05) is 6.04 Å². The van der Waals surface area contributed by atoms with Gasteiger partial charge < -0.3 is 10.1 Å². The van der Waals surface area contributed by atoms with Crippen molar-refractivity contribution < 1.29 is 4.74 Å². The zero-order valence-electron chi connectivity index (χ0n) is 12.8. The lowest BCUT2D eigenvalue weighted by molar-refractivity contribution is 0.238. The quantitative estimate of drug-likeness (QED) is 0.847. The fraction of sp³-hybridized carbons (Fsp3) is 0.667. The van der Waals surface area contributed by atoms with E-state index in [1.807, 2.05) is 0 Å². The highest BCUT2D eigenvalue weighted by molar-refractivity contribution is 5.37. The van der Waals surface area contributed by atoms with E-state index in [0.717, 1.165) is 37.2 Å². The smallest absolute Gasteiger partial charge is 0.122 e. The average Bonchev–Trinajstić information content (AvgIpc) is 3.31. The Kier molecular flexibility index (Phi) is 4.30. The summed E-state index contributed by atoms with van der Waals surface area (Å²) < 4.78 is 5.80. The molecule has 3 rings (SSSR count). The molecule has 0 saturated heterocycles. The van der Waals surface area contributed by atoms with Gasteiger partial charge >= 0.3 is 0 Å². The van der Waals surface area contributed by atoms with Crippen LogP contribution in [0.3, 0.4) is 0 Å². The summed E-state index contributed by atoms with van der Waals surface area (Å²) in [6.45, 7) is 6.62. The number of fused-ring (bicyclic) bond motifs is 1. The first-order valence-electron chi connectivity index (χ1n) is 8.24. The number of hydrogen-bond donors (Lipinski definition) is 1. The summed E-state index contributed by atoms with van der Waals surface area (Å²) in [6, 6.07) is 9.25. The Morgan fingerprint density at radius 1 is 1.25 bits per heavy atom. The molecule has 0 bridgehead atoms. The van der Waals surface area contributed by atoms with Gasteiger partial charge in [0.25, 0.3) is 0 Å². The molecule has 1 aliphatic carbocycles. The first-order chi connectivity index (χ1) is 9.79. The van der Waals surface area contributed by atoms with Crippen molar-refractivity contribution in [2.45, 2.75) is 51.5 Å². The SMILES string of the molecule is CCNC(CC1CCOc2ccccc21)C(C)C1CC1. The van der Waals surface area contributed by atoms with Crippen molar-refractivity contribution in [1.82, 2.24) is 5.32 Å². The summed E-state index contributed by atoms with van der Waals surface area (Å²) in [5.74, 6) is 3.54. The maximum absolute atomic E-state index is 5.80. The fourth-order valence-electron chi connectivity index (χ4n) is 3.66. The monoisotopic (exact) mass is 273 g/mol. The summed E-state index contributed by atoms with van der Waals surface area (Å²) in [6.07, 6.45) is 5.29. The van der Waals surface area contributed by atoms with Gasteiger partial charge in [-0.1, -0.05) is 32.0 Å². The fourth-order valence-corrected chi connectivity index (χ4v) is 3.66. The van der Waals surface area contributed by atoms with Crippen LogP contribution in [0, 0.1) is 11.8 Å². The Hall–Kier alpha value is -1.02. The molecule has 2 heteroatoms. The van der Waals surface area contributed by atoms with Crippen LogP contribution >= 0.6 is 0 Å². The minimum absolute atomic E-state index is 0.656. The topological polar surface area (TPSA) is 21.3 Å². The Morgan fingerprint density at radius 2 is 2.05 bits per heavy atom. The summed E-state index contributed by atoms with van der Waals surface area (Å²) in [4.78, 5) is 0. The Labute approximate surface area is 122 Å². The van der Waals surface area contributed by atoms with Gasteiger partial charge in [-0.05, 0) is 61.6 Å². The first kappa shape index (κ1) is 13.9. The Morgan fingerprint density at radius 3 is 2.80 bits per heavy atom. The van der Waals surface area contributed by atoms with Crippen molar-refractivity contribution in [3.8, 4) is 5.75 Å². The second kappa shape index (κ2) is 6.17. The molecule has 1 heterocycles. The van der Waals surface area contributed by atoms with E-state index < -0.39 is 0 Å². The Bertz CT molecular complexity index is 441. The summed E-state index contributed by atoms with van der Waals surface area (Å²) in [7, 11) is 0. The molecule has 1 aliphatic heterocycles. The second-order valence-electron chi connectivity index (χ2n) is 6.47. The first-order valence-corrected chi connectivity index (χ1v) is 8.24. The van der Waals surface area contributed by atoms with Crippen molar-refractivity contribution in [2.75, 3.05) is 13.2 Å². The van der Waals surface area contributed by atoms with Crippen LogP contribution in [0.5, 0.6) is 5.75 Å². The van der Waals surface area contributed by atoms with E-state index in [9.17, 15) is 0 Å². The van der Waals surface area contributed by atoms with Gasteiger partial charge in [-0.2, -0.15) is 0 Å². The third kappa shape index (κ3) is 3.01. The summed E-state index contributed by atoms with van der Waals surface area (Å²) >= 11 is 0. The van der Waals surface area contributed by atoms with Crippen molar-refractivity contribution in [3.05, 3.63) is 29.8 Å². The van der Waals surface area contributed by atoms with E-state index in [-0.39, 0.29) is 0 Å². The van der Waals surface area contributed by atoms with Crippen LogP contribution in [0.4, 0.5) is 0 Å². The summed E-state index contributed by atoms with van der Waals surface area (Å²) in [5.41, 5.74) is 1.42. The molecule has 0 spiro atoms. The van der Waals surface area contributed by atoms with Gasteiger partial charge in [0.05, 0.1) is 6.61 Å². The largest absolute Gasteiger partial charge is 0.493 e. The molecule has 0 radical (unpaired) electrons. The van der Waals surface area contributed by atoms with Crippen molar-refractivity contribution in [3.63, 3.8) is 0 Å². The highest BCUT2D eigenvalue weighted by atomic mass is 16.5. The highest BCUT2D eigenvalue weighted by Gasteiger charge is 2.35. The molecular formula is C18H27NO. The molecule has 20 heavy (non-hydrogen) atoms. The third-order valence-corrected chi connectivity index (χ3v) is 5.09. The molecular weight excluding hydrogens is 246 g/mol. The Balaban J connectivity index is 1.72. The maximum atomic E-state index is 5.80. The van der Waals surface area contributed by atoms with E-state index in [1.165, 1.54) is 24.8 Å². The molecule has 1 saturated carbocycles. The molecule has 0 aromatic heterocycles. The van der Waals surface area contributed by atoms with Crippen LogP contribution in [0.2, 0.25) is 0 Å². The lowest BCUT2D eigenvalue weighted by atomic mass is 9.82. The lowest BCUT2D eigenvalue weighted by Crippen LogP contribution is -2.37. The van der Waals surface area contributed by atoms with Crippen molar-refractivity contribution >= 4 is 0 Å². The minimum atomic E-state index is 0.656. The number of para-hydroxylation sites is 1. The van der Waals surface area contributed by atoms with Crippen LogP contribution in [0.25, 0.3) is 0 Å². The van der Waals surface area contributed by atoms with Gasteiger partial charge in [-0.3, -0.25) is 0 Å². The van der Waals surface area contributed by atoms with E-state index in [2.05, 4.69) is 43.4 Å². The van der Waals surface area contributed by atoms with Crippen LogP contribution in [-0.4, -0.2) is 19.2 Å². The molecule has 1 aromatic rings. The van der Waals surface area contributed by atoms with Crippen LogP contribution in [0.15, 0.2) is 24.3 Å². The van der Waals surface area contributed by atoms with E-state index >= 15 is 0 Å². The molecule has 2 aliphatic rings. The number of nitrogens with one attached hydrogen (secondary N) is 1. The van der Waals surface area contributed by atoms with Gasteiger partial charge in [0.2, 0.25) is 0 Å². The second-order valence-corrected chi connectivity index (χ2v) is 6.47. The number of rotatable bonds is 6. The van der Waals surface area contributed by atoms with Gasteiger partial charge in [0.1, 0.15) is 5.75 Å². The standard InChI is InChI=1S/C18H27NO/c1-3-19-17(13(2)14-8-9-14)12-15-10-11-20-18-7-5-4-6-16(15)18/h4-7,13-15,17,19H,3,8-12H2,1-2H3. The van der Waals surface area contributed by atoms with Crippen LogP contribution in [-0.2, 0) is 0 Å². The predicted octanol–water partition coefficient (Wildman–Crippen LogP) is 3.97. The van der Waals surface area contributed by atoms with E-state index in [4.69, 9.17) is 4.74 Å². The number of hydrogen-bond acceptors (Lipinski definition) is 2. The molecule has 0 amide bonds. The van der Waals surface area contributed by atoms with E-state index in [1.54, 1.807) is 0 Å². The molecule has 1 fully saturated rings. The van der Waals surface area contributed by atoms with E-state index in [0.29, 0.717) is 12.0 Å². The molecule has 3 atom stereocenters. The highest BCUT2D eigenvalue weighted by Crippen LogP contribution is 2.42. The van der Waals surface area contributed by atoms with Gasteiger partial charge in [-0.15, -0.1) is 0 Å². The van der Waals surface area contributed by atoms with Crippen LogP contribution in [0.1, 0.15) is 51.0 Å². The lowest BCUT2D eigenvalue weighted by Gasteiger charge is -2.32. The molecule has 3 unspecified atom stereocenters. The summed E-state index contributed by atoms with van der Waals surface area (Å²) in [5, 5.41) is 3.74. The minimum Gasteiger partial charge on any atom is -0.493 e. The number of ether oxygens (including phenoxy) is 1. The van der Waals surface area contributed by atoms with Gasteiger partial charge in [-0.25, -0.2) is 0 Å². The maximum Gasteiger partial charge on any atom is 0.122 e. The normalized spacial score (nSPS) is 24.6. The van der Waals surface area contributed by atoms with Gasteiger partial charge in [0.15, 0.2) is 0 Å². The third-order valence-electron chi connectivity index (χ3n) is 5.09. The van der Waals surface area contributed by atoms with Crippen LogP contribution < -0.4 is 10.1 Å². The molecule has 1 aromatic carbocycles.